The van der Waals surface area contributed by atoms with Gasteiger partial charge in [0.25, 0.3) is 0 Å². The van der Waals surface area contributed by atoms with Crippen LogP contribution in [0, 0.1) is 0 Å². The van der Waals surface area contributed by atoms with Crippen molar-refractivity contribution < 1.29 is 27.8 Å². The Hall–Kier alpha value is -1.28. The Morgan fingerprint density at radius 3 is 2.60 bits per heavy atom. The molecule has 0 saturated carbocycles. The quantitative estimate of drug-likeness (QED) is 0.523. The highest BCUT2D eigenvalue weighted by molar-refractivity contribution is 5.89. The first-order chi connectivity index (χ1) is 6.86. The van der Waals surface area contributed by atoms with Crippen LogP contribution >= 0.6 is 0 Å². The van der Waals surface area contributed by atoms with Gasteiger partial charge in [0.15, 0.2) is 6.17 Å². The van der Waals surface area contributed by atoms with Gasteiger partial charge in [0.2, 0.25) is 0 Å². The largest absolute Gasteiger partial charge is 0.466 e. The fourth-order valence-electron chi connectivity index (χ4n) is 1.03. The van der Waals surface area contributed by atoms with Crippen molar-refractivity contribution in [1.29, 1.82) is 0 Å². The zero-order chi connectivity index (χ0) is 11.6. The molecule has 0 unspecified atom stereocenters. The number of hydrogen-bond acceptors (Lipinski definition) is 5. The number of methoxy groups -OCH3 is 1. The zero-order valence-electron chi connectivity index (χ0n) is 7.63. The van der Waals surface area contributed by atoms with Gasteiger partial charge in [0, 0.05) is 6.20 Å². The summed E-state index contributed by atoms with van der Waals surface area (Å²) >= 11 is 0. The van der Waals surface area contributed by atoms with Crippen LogP contribution in [0.25, 0.3) is 0 Å². The third-order valence-corrected chi connectivity index (χ3v) is 1.77. The molecule has 0 radical (unpaired) electrons. The molecule has 0 aliphatic carbocycles. The average Bonchev–Trinajstić information content (AvgIpc) is 2.15. The summed E-state index contributed by atoms with van der Waals surface area (Å²) in [5.41, 5.74) is -0.307. The number of carbonyl (C=O) groups excluding carboxylic acids is 1. The van der Waals surface area contributed by atoms with Gasteiger partial charge in [-0.3, -0.25) is 5.32 Å². The van der Waals surface area contributed by atoms with Crippen LogP contribution in [0.4, 0.5) is 13.2 Å². The molecule has 1 rings (SSSR count). The molecule has 8 heteroatoms. The normalized spacial score (nSPS) is 26.6. The van der Waals surface area contributed by atoms with E-state index in [2.05, 4.69) is 4.74 Å². The van der Waals surface area contributed by atoms with Crippen molar-refractivity contribution >= 4 is 5.97 Å². The van der Waals surface area contributed by atoms with Gasteiger partial charge < -0.3 is 15.2 Å². The molecule has 86 valence electrons. The molecule has 0 aromatic rings. The number of nitrogens with one attached hydrogen (secondary N) is 2. The predicted octanol–water partition coefficient (Wildman–Crippen LogP) is -0.557. The molecule has 1 aliphatic rings. The maximum absolute atomic E-state index is 12.1. The molecular formula is C7H9F3N2O3. The Labute approximate surface area is 82.9 Å². The zero-order valence-corrected chi connectivity index (χ0v) is 7.63. The van der Waals surface area contributed by atoms with Crippen LogP contribution in [0.1, 0.15) is 0 Å². The number of ether oxygens (including phenoxy) is 1. The molecule has 0 aromatic heterocycles. The second-order valence-corrected chi connectivity index (χ2v) is 2.80. The molecule has 5 nitrogen and oxygen atoms in total. The molecule has 3 N–H and O–H groups in total. The highest BCUT2D eigenvalue weighted by atomic mass is 19.4. The van der Waals surface area contributed by atoms with Crippen LogP contribution < -0.4 is 10.6 Å². The van der Waals surface area contributed by atoms with Crippen molar-refractivity contribution in [3.8, 4) is 0 Å². The van der Waals surface area contributed by atoms with Crippen LogP contribution in [0.5, 0.6) is 0 Å². The Balaban J connectivity index is 2.76. The van der Waals surface area contributed by atoms with Crippen LogP contribution in [-0.2, 0) is 9.53 Å². The molecule has 0 saturated heterocycles. The van der Waals surface area contributed by atoms with E-state index in [1.54, 1.807) is 5.32 Å². The lowest BCUT2D eigenvalue weighted by Crippen LogP contribution is -2.58. The number of aliphatic hydroxyl groups is 1. The molecule has 0 aromatic carbocycles. The van der Waals surface area contributed by atoms with Crippen molar-refractivity contribution in [2.45, 2.75) is 18.6 Å². The number of hydrogen-bond donors (Lipinski definition) is 3. The lowest BCUT2D eigenvalue weighted by Gasteiger charge is -2.29. The Bertz CT molecular complexity index is 290. The van der Waals surface area contributed by atoms with E-state index < -0.39 is 24.5 Å². The highest BCUT2D eigenvalue weighted by Gasteiger charge is 2.43. The van der Waals surface area contributed by atoms with Crippen molar-refractivity contribution in [2.24, 2.45) is 0 Å². The van der Waals surface area contributed by atoms with Crippen LogP contribution in [0.2, 0.25) is 0 Å². The molecular weight excluding hydrogens is 217 g/mol. The van der Waals surface area contributed by atoms with Gasteiger partial charge in [-0.1, -0.05) is 0 Å². The highest BCUT2D eigenvalue weighted by Crippen LogP contribution is 2.21. The summed E-state index contributed by atoms with van der Waals surface area (Å²) < 4.78 is 40.7. The van der Waals surface area contributed by atoms with Gasteiger partial charge >= 0.3 is 12.1 Å². The van der Waals surface area contributed by atoms with Gasteiger partial charge in [-0.2, -0.15) is 13.2 Å². The van der Waals surface area contributed by atoms with Gasteiger partial charge in [-0.15, -0.1) is 0 Å². The van der Waals surface area contributed by atoms with E-state index in [1.165, 1.54) is 0 Å². The second kappa shape index (κ2) is 4.07. The lowest BCUT2D eigenvalue weighted by atomic mass is 10.2. The van der Waals surface area contributed by atoms with Crippen molar-refractivity contribution in [3.63, 3.8) is 0 Å². The lowest BCUT2D eigenvalue weighted by molar-refractivity contribution is -0.170. The predicted molar refractivity (Wildman–Crippen MR) is 42.2 cm³/mol. The summed E-state index contributed by atoms with van der Waals surface area (Å²) in [6.45, 7) is 0. The Kier molecular flexibility index (Phi) is 3.20. The molecule has 0 amide bonds. The molecule has 0 spiro atoms. The summed E-state index contributed by atoms with van der Waals surface area (Å²) in [6, 6.07) is 0. The third-order valence-electron chi connectivity index (χ3n) is 1.77. The standard InChI is InChI=1S/C7H9F3N2O3/c1-15-5(14)3-2-11-6(7(8,9)10)12-4(3)13/h2,4,6,11-13H,1H3/t4-,6-/m1/s1. The smallest absolute Gasteiger partial charge is 0.422 e. The first kappa shape index (κ1) is 11.8. The number of aliphatic hydroxyl groups excluding tert-OH is 1. The van der Waals surface area contributed by atoms with Crippen LogP contribution in [-0.4, -0.2) is 36.8 Å². The van der Waals surface area contributed by atoms with E-state index in [0.717, 1.165) is 13.3 Å². The van der Waals surface area contributed by atoms with Gasteiger partial charge in [-0.25, -0.2) is 4.79 Å². The first-order valence-corrected chi connectivity index (χ1v) is 3.91. The van der Waals surface area contributed by atoms with Crippen molar-refractivity contribution in [2.75, 3.05) is 7.11 Å². The summed E-state index contributed by atoms with van der Waals surface area (Å²) in [4.78, 5) is 10.9. The Morgan fingerprint density at radius 2 is 2.20 bits per heavy atom. The topological polar surface area (TPSA) is 70.6 Å². The minimum atomic E-state index is -4.56. The summed E-state index contributed by atoms with van der Waals surface area (Å²) in [7, 11) is 1.06. The minimum absolute atomic E-state index is 0.307. The molecule has 15 heavy (non-hydrogen) atoms. The summed E-state index contributed by atoms with van der Waals surface area (Å²) in [5.74, 6) is -0.900. The summed E-state index contributed by atoms with van der Waals surface area (Å²) in [5, 5.41) is 12.9. The van der Waals surface area contributed by atoms with Crippen LogP contribution in [0.3, 0.4) is 0 Å². The van der Waals surface area contributed by atoms with Gasteiger partial charge in [0.1, 0.15) is 6.23 Å². The fraction of sp³-hybridized carbons (Fsp3) is 0.571. The van der Waals surface area contributed by atoms with E-state index in [4.69, 9.17) is 0 Å². The first-order valence-electron chi connectivity index (χ1n) is 3.91. The number of carbonyl (C=O) groups is 1. The summed E-state index contributed by atoms with van der Waals surface area (Å²) in [6.07, 6.45) is -7.56. The second-order valence-electron chi connectivity index (χ2n) is 2.80. The Morgan fingerprint density at radius 1 is 1.60 bits per heavy atom. The van der Waals surface area contributed by atoms with Gasteiger partial charge in [-0.05, 0) is 0 Å². The van der Waals surface area contributed by atoms with E-state index in [1.807, 2.05) is 5.32 Å². The molecule has 2 atom stereocenters. The van der Waals surface area contributed by atoms with E-state index >= 15 is 0 Å². The third kappa shape index (κ3) is 2.60. The minimum Gasteiger partial charge on any atom is -0.466 e. The fourth-order valence-corrected chi connectivity index (χ4v) is 1.03. The monoisotopic (exact) mass is 226 g/mol. The molecule has 1 heterocycles. The maximum atomic E-state index is 12.1. The molecule has 0 bridgehead atoms. The van der Waals surface area contributed by atoms with E-state index in [9.17, 15) is 23.1 Å². The van der Waals surface area contributed by atoms with Gasteiger partial charge in [0.05, 0.1) is 12.7 Å². The number of esters is 1. The number of alkyl halides is 3. The van der Waals surface area contributed by atoms with Crippen molar-refractivity contribution in [3.05, 3.63) is 11.8 Å². The SMILES string of the molecule is COC(=O)C1=CN[C@@H](C(F)(F)F)N[C@@H]1O. The molecule has 1 aliphatic heterocycles. The average molecular weight is 226 g/mol. The van der Waals surface area contributed by atoms with Crippen molar-refractivity contribution in [1.82, 2.24) is 10.6 Å². The molecule has 0 fully saturated rings. The van der Waals surface area contributed by atoms with E-state index in [0.29, 0.717) is 0 Å². The number of rotatable bonds is 1. The van der Waals surface area contributed by atoms with E-state index in [-0.39, 0.29) is 5.57 Å². The number of halogens is 3. The maximum Gasteiger partial charge on any atom is 0.422 e. The van der Waals surface area contributed by atoms with Crippen LogP contribution in [0.15, 0.2) is 11.8 Å².